The van der Waals surface area contributed by atoms with Gasteiger partial charge in [0.15, 0.2) is 0 Å². The number of hydrogen-bond donors (Lipinski definition) is 1. The van der Waals surface area contributed by atoms with Crippen LogP contribution >= 0.6 is 0 Å². The van der Waals surface area contributed by atoms with Gasteiger partial charge in [0.1, 0.15) is 0 Å². The van der Waals surface area contributed by atoms with Crippen molar-refractivity contribution in [1.29, 1.82) is 4.78 Å². The fourth-order valence-electron chi connectivity index (χ4n) is 1.48. The molecule has 1 fully saturated rings. The molecule has 1 aromatic carbocycles. The van der Waals surface area contributed by atoms with Gasteiger partial charge in [-0.1, -0.05) is 12.1 Å². The Kier molecular flexibility index (Phi) is 4.94. The first-order chi connectivity index (χ1) is 7.32. The van der Waals surface area contributed by atoms with Crippen LogP contribution in [-0.4, -0.2) is 16.4 Å². The van der Waals surface area contributed by atoms with Gasteiger partial charge in [-0.3, -0.25) is 0 Å². The Labute approximate surface area is 141 Å². The fourth-order valence-corrected chi connectivity index (χ4v) is 3.21. The minimum Gasteiger partial charge on any atom is -0.445 e. The molecule has 1 unspecified atom stereocenters. The van der Waals surface area contributed by atoms with Crippen molar-refractivity contribution in [3.8, 4) is 0 Å². The summed E-state index contributed by atoms with van der Waals surface area (Å²) < 4.78 is 56.6. The summed E-state index contributed by atoms with van der Waals surface area (Å²) in [7, 11) is -2.89. The van der Waals surface area contributed by atoms with Crippen molar-refractivity contribution in [3.05, 3.63) is 24.3 Å². The van der Waals surface area contributed by atoms with Crippen molar-refractivity contribution in [2.45, 2.75) is 23.0 Å². The standard InChI is InChI=1S/C9H10BF3NOS.K/c11-10(12,13)7-1-3-8(4-2-7)16(14,15)9-5-6-9;/h1-4,9,14H,5-6H2;/q-1;+1. The third-order valence-corrected chi connectivity index (χ3v) is 4.98. The molecule has 1 aliphatic carbocycles. The third kappa shape index (κ3) is 3.57. The molecule has 1 saturated carbocycles. The van der Waals surface area contributed by atoms with Crippen LogP contribution in [0.3, 0.4) is 0 Å². The Morgan fingerprint density at radius 2 is 1.65 bits per heavy atom. The van der Waals surface area contributed by atoms with Gasteiger partial charge in [-0.15, -0.1) is 5.46 Å². The third-order valence-electron chi connectivity index (χ3n) is 2.60. The second kappa shape index (κ2) is 5.34. The van der Waals surface area contributed by atoms with Gasteiger partial charge in [0.05, 0.1) is 9.73 Å². The average molecular weight is 287 g/mol. The van der Waals surface area contributed by atoms with Gasteiger partial charge >= 0.3 is 58.4 Å². The van der Waals surface area contributed by atoms with Gasteiger partial charge < -0.3 is 12.9 Å². The van der Waals surface area contributed by atoms with Crippen molar-refractivity contribution in [2.24, 2.45) is 0 Å². The van der Waals surface area contributed by atoms with Crippen LogP contribution in [0.4, 0.5) is 12.9 Å². The van der Waals surface area contributed by atoms with E-state index in [-0.39, 0.29) is 61.5 Å². The molecule has 0 amide bonds. The maximum absolute atomic E-state index is 12.3. The van der Waals surface area contributed by atoms with Crippen molar-refractivity contribution < 1.29 is 68.5 Å². The minimum absolute atomic E-state index is 0. The van der Waals surface area contributed by atoms with Crippen LogP contribution < -0.4 is 56.8 Å². The molecule has 1 atom stereocenters. The molecular formula is C9H10BF3KNOS. The van der Waals surface area contributed by atoms with E-state index in [0.717, 1.165) is 37.1 Å². The second-order valence-electron chi connectivity index (χ2n) is 3.94. The summed E-state index contributed by atoms with van der Waals surface area (Å²) in [6.07, 6.45) is 1.46. The second-order valence-corrected chi connectivity index (χ2v) is 6.28. The Balaban J connectivity index is 0.00000144. The molecule has 88 valence electrons. The summed E-state index contributed by atoms with van der Waals surface area (Å²) >= 11 is 0. The molecule has 1 N–H and O–H groups in total. The fraction of sp³-hybridized carbons (Fsp3) is 0.333. The molecule has 0 radical (unpaired) electrons. The molecule has 2 rings (SSSR count). The first-order valence-corrected chi connectivity index (χ1v) is 6.51. The molecule has 0 aliphatic heterocycles. The molecule has 0 spiro atoms. The van der Waals surface area contributed by atoms with Gasteiger partial charge in [0.25, 0.3) is 0 Å². The average Bonchev–Trinajstić information content (AvgIpc) is 3.00. The van der Waals surface area contributed by atoms with Crippen LogP contribution in [0.25, 0.3) is 0 Å². The smallest absolute Gasteiger partial charge is 0.445 e. The van der Waals surface area contributed by atoms with Crippen LogP contribution in [0.15, 0.2) is 29.2 Å². The van der Waals surface area contributed by atoms with E-state index in [1.165, 1.54) is 0 Å². The van der Waals surface area contributed by atoms with E-state index in [2.05, 4.69) is 0 Å². The molecule has 0 aromatic heterocycles. The minimum atomic E-state index is -5.01. The van der Waals surface area contributed by atoms with E-state index >= 15 is 0 Å². The predicted molar refractivity (Wildman–Crippen MR) is 57.3 cm³/mol. The van der Waals surface area contributed by atoms with Crippen LogP contribution in [0.1, 0.15) is 12.8 Å². The van der Waals surface area contributed by atoms with Crippen molar-refractivity contribution in [2.75, 3.05) is 0 Å². The number of rotatable bonds is 3. The van der Waals surface area contributed by atoms with Gasteiger partial charge in [0.2, 0.25) is 0 Å². The molecule has 0 bridgehead atoms. The van der Waals surface area contributed by atoms with E-state index in [1.807, 2.05) is 0 Å². The molecule has 2 nitrogen and oxygen atoms in total. The Bertz CT molecular complexity index is 496. The molecule has 1 aliphatic rings. The summed E-state index contributed by atoms with van der Waals surface area (Å²) in [5.41, 5.74) is -0.713. The SMILES string of the molecule is N=S(=O)(c1ccc([B-](F)(F)F)cc1)C1CC1.[K+]. The van der Waals surface area contributed by atoms with Gasteiger partial charge in [-0.25, -0.2) is 8.99 Å². The Morgan fingerprint density at radius 1 is 1.18 bits per heavy atom. The maximum atomic E-state index is 12.3. The first kappa shape index (κ1) is 15.7. The van der Waals surface area contributed by atoms with E-state index in [1.54, 1.807) is 0 Å². The number of halogens is 3. The van der Waals surface area contributed by atoms with Gasteiger partial charge in [0, 0.05) is 10.1 Å². The zero-order chi connectivity index (χ0) is 12.0. The largest absolute Gasteiger partial charge is 1.00 e. The number of nitrogens with one attached hydrogen (secondary N) is 1. The van der Waals surface area contributed by atoms with Gasteiger partial charge in [-0.05, 0) is 25.0 Å². The van der Waals surface area contributed by atoms with Crippen LogP contribution in [0.5, 0.6) is 0 Å². The summed E-state index contributed by atoms with van der Waals surface area (Å²) in [5, 5.41) is -0.172. The molecule has 1 aromatic rings. The monoisotopic (exact) mass is 287 g/mol. The van der Waals surface area contributed by atoms with E-state index in [0.29, 0.717) is 0 Å². The molecule has 0 heterocycles. The summed E-state index contributed by atoms with van der Waals surface area (Å²) in [6.45, 7) is -5.01. The topological polar surface area (TPSA) is 40.9 Å². The molecular weight excluding hydrogens is 277 g/mol. The van der Waals surface area contributed by atoms with Crippen molar-refractivity contribution >= 4 is 22.2 Å². The van der Waals surface area contributed by atoms with Crippen LogP contribution in [-0.2, 0) is 9.73 Å². The van der Waals surface area contributed by atoms with Crippen molar-refractivity contribution in [1.82, 2.24) is 0 Å². The summed E-state index contributed by atoms with van der Waals surface area (Å²) in [4.78, 5) is 0.207. The maximum Gasteiger partial charge on any atom is 1.00 e. The van der Waals surface area contributed by atoms with Crippen molar-refractivity contribution in [3.63, 3.8) is 0 Å². The zero-order valence-corrected chi connectivity index (χ0v) is 13.3. The number of benzene rings is 1. The van der Waals surface area contributed by atoms with E-state index in [4.69, 9.17) is 4.78 Å². The zero-order valence-electron chi connectivity index (χ0n) is 9.33. The molecule has 17 heavy (non-hydrogen) atoms. The molecule has 0 saturated heterocycles. The number of hydrogen-bond acceptors (Lipinski definition) is 2. The summed E-state index contributed by atoms with van der Waals surface area (Å²) in [5.74, 6) is 0. The first-order valence-electron chi connectivity index (χ1n) is 4.89. The van der Waals surface area contributed by atoms with Gasteiger partial charge in [-0.2, -0.15) is 0 Å². The van der Waals surface area contributed by atoms with E-state index < -0.39 is 22.2 Å². The Hall–Kier alpha value is 0.661. The molecule has 8 heteroatoms. The van der Waals surface area contributed by atoms with E-state index in [9.17, 15) is 17.2 Å². The predicted octanol–water partition coefficient (Wildman–Crippen LogP) is -0.687. The summed E-state index contributed by atoms with van der Waals surface area (Å²) in [6, 6.07) is 4.15. The Morgan fingerprint density at radius 3 is 2.00 bits per heavy atom. The quantitative estimate of drug-likeness (QED) is 0.735. The normalized spacial score (nSPS) is 19.2. The van der Waals surface area contributed by atoms with Crippen LogP contribution in [0.2, 0.25) is 0 Å². The van der Waals surface area contributed by atoms with Crippen LogP contribution in [0, 0.1) is 4.78 Å².